The van der Waals surface area contributed by atoms with Crippen LogP contribution in [0.1, 0.15) is 19.4 Å². The topological polar surface area (TPSA) is 43.4 Å². The molecule has 6 heteroatoms. The zero-order valence-corrected chi connectivity index (χ0v) is 11.2. The molecule has 0 saturated carbocycles. The molecule has 0 aliphatic carbocycles. The molecule has 16 heavy (non-hydrogen) atoms. The van der Waals surface area contributed by atoms with Crippen LogP contribution in [0.15, 0.2) is 18.2 Å². The van der Waals surface area contributed by atoms with Gasteiger partial charge in [0.05, 0.1) is 6.10 Å². The molecule has 0 aromatic heterocycles. The normalized spacial score (nSPS) is 12.1. The van der Waals surface area contributed by atoms with Crippen LogP contribution in [0, 0.1) is 0 Å². The average molecular weight is 283 g/mol. The summed E-state index contributed by atoms with van der Waals surface area (Å²) in [5.74, 6) is -0.273. The van der Waals surface area contributed by atoms with E-state index in [0.717, 1.165) is 0 Å². The molecule has 0 N–H and O–H groups in total. The van der Waals surface area contributed by atoms with Crippen LogP contribution in [-0.4, -0.2) is 14.5 Å². The van der Waals surface area contributed by atoms with Crippen molar-refractivity contribution in [1.29, 1.82) is 0 Å². The highest BCUT2D eigenvalue weighted by Crippen LogP contribution is 2.23. The van der Waals surface area contributed by atoms with E-state index in [0.29, 0.717) is 15.6 Å². The van der Waals surface area contributed by atoms with E-state index >= 15 is 0 Å². The van der Waals surface area contributed by atoms with Crippen molar-refractivity contribution < 1.29 is 12.6 Å². The van der Waals surface area contributed by atoms with Gasteiger partial charge in [-0.2, -0.15) is 8.42 Å². The van der Waals surface area contributed by atoms with Gasteiger partial charge in [-0.1, -0.05) is 23.2 Å². The van der Waals surface area contributed by atoms with E-state index in [1.165, 1.54) is 6.07 Å². The monoisotopic (exact) mass is 282 g/mol. The molecule has 0 amide bonds. The molecule has 0 aliphatic rings. The van der Waals surface area contributed by atoms with E-state index in [1.54, 1.807) is 26.0 Å². The van der Waals surface area contributed by atoms with Gasteiger partial charge in [0.25, 0.3) is 10.1 Å². The molecule has 0 unspecified atom stereocenters. The van der Waals surface area contributed by atoms with Crippen LogP contribution in [0.3, 0.4) is 0 Å². The average Bonchev–Trinajstić information content (AvgIpc) is 2.08. The molecule has 0 saturated heterocycles. The van der Waals surface area contributed by atoms with E-state index in [2.05, 4.69) is 0 Å². The van der Waals surface area contributed by atoms with Crippen molar-refractivity contribution in [3.8, 4) is 0 Å². The Labute approximate surface area is 105 Å². The highest BCUT2D eigenvalue weighted by atomic mass is 35.5. The van der Waals surface area contributed by atoms with Gasteiger partial charge >= 0.3 is 0 Å². The number of hydrogen-bond acceptors (Lipinski definition) is 3. The smallest absolute Gasteiger partial charge is 0.267 e. The minimum absolute atomic E-state index is 0.273. The molecule has 90 valence electrons. The maximum Gasteiger partial charge on any atom is 0.271 e. The third-order valence-electron chi connectivity index (χ3n) is 1.68. The fraction of sp³-hybridized carbons (Fsp3) is 0.400. The maximum atomic E-state index is 11.5. The largest absolute Gasteiger partial charge is 0.271 e. The predicted octanol–water partition coefficient (Wildman–Crippen LogP) is 3.25. The van der Waals surface area contributed by atoms with Crippen molar-refractivity contribution in [3.63, 3.8) is 0 Å². The van der Waals surface area contributed by atoms with Crippen LogP contribution in [0.4, 0.5) is 0 Å². The fourth-order valence-corrected chi connectivity index (χ4v) is 2.90. The number of halogens is 2. The molecular weight excluding hydrogens is 271 g/mol. The Balaban J connectivity index is 2.92. The molecule has 0 aliphatic heterocycles. The molecule has 0 fully saturated rings. The van der Waals surface area contributed by atoms with Crippen LogP contribution in [0.5, 0.6) is 0 Å². The van der Waals surface area contributed by atoms with Crippen molar-refractivity contribution in [2.45, 2.75) is 25.7 Å². The first-order valence-corrected chi connectivity index (χ1v) is 6.98. The first kappa shape index (κ1) is 13.8. The Hall–Kier alpha value is -0.290. The molecule has 0 radical (unpaired) electrons. The Kier molecular flexibility index (Phi) is 4.62. The van der Waals surface area contributed by atoms with Gasteiger partial charge in [0.1, 0.15) is 5.75 Å². The second-order valence-electron chi connectivity index (χ2n) is 3.58. The van der Waals surface area contributed by atoms with Gasteiger partial charge in [0, 0.05) is 10.0 Å². The summed E-state index contributed by atoms with van der Waals surface area (Å²) in [6, 6.07) is 4.68. The minimum atomic E-state index is -3.62. The maximum absolute atomic E-state index is 11.5. The summed E-state index contributed by atoms with van der Waals surface area (Å²) in [5.41, 5.74) is 0.440. The first-order valence-electron chi connectivity index (χ1n) is 4.65. The number of hydrogen-bond donors (Lipinski definition) is 0. The second-order valence-corrected chi connectivity index (χ2v) is 6.02. The molecule has 1 aromatic rings. The van der Waals surface area contributed by atoms with Gasteiger partial charge in [0.15, 0.2) is 0 Å². The summed E-state index contributed by atoms with van der Waals surface area (Å²) in [4.78, 5) is 0. The molecule has 0 spiro atoms. The Morgan fingerprint density at radius 3 is 2.50 bits per heavy atom. The van der Waals surface area contributed by atoms with E-state index < -0.39 is 10.1 Å². The van der Waals surface area contributed by atoms with Crippen molar-refractivity contribution in [2.75, 3.05) is 0 Å². The van der Waals surface area contributed by atoms with E-state index in [4.69, 9.17) is 27.4 Å². The molecular formula is C10H12Cl2O3S. The first-order chi connectivity index (χ1) is 7.30. The van der Waals surface area contributed by atoms with Crippen molar-refractivity contribution in [3.05, 3.63) is 33.8 Å². The Morgan fingerprint density at radius 2 is 1.94 bits per heavy atom. The standard InChI is InChI=1S/C10H12Cl2O3S/c1-7(2)15-16(13,14)6-8-5-9(11)3-4-10(8)12/h3-5,7H,6H2,1-2H3. The van der Waals surface area contributed by atoms with E-state index in [-0.39, 0.29) is 11.9 Å². The predicted molar refractivity (Wildman–Crippen MR) is 65.3 cm³/mol. The zero-order chi connectivity index (χ0) is 12.3. The summed E-state index contributed by atoms with van der Waals surface area (Å²) in [6.45, 7) is 3.30. The number of rotatable bonds is 4. The molecule has 0 bridgehead atoms. The fourth-order valence-electron chi connectivity index (χ4n) is 1.17. The van der Waals surface area contributed by atoms with Crippen molar-refractivity contribution in [2.24, 2.45) is 0 Å². The van der Waals surface area contributed by atoms with Crippen LogP contribution in [-0.2, 0) is 20.1 Å². The summed E-state index contributed by atoms with van der Waals surface area (Å²) in [7, 11) is -3.62. The summed E-state index contributed by atoms with van der Waals surface area (Å²) < 4.78 is 27.9. The highest BCUT2D eigenvalue weighted by molar-refractivity contribution is 7.85. The van der Waals surface area contributed by atoms with Crippen LogP contribution >= 0.6 is 23.2 Å². The van der Waals surface area contributed by atoms with Gasteiger partial charge in [0.2, 0.25) is 0 Å². The molecule has 1 rings (SSSR count). The Morgan fingerprint density at radius 1 is 1.31 bits per heavy atom. The van der Waals surface area contributed by atoms with E-state index in [1.807, 2.05) is 0 Å². The van der Waals surface area contributed by atoms with Gasteiger partial charge < -0.3 is 0 Å². The molecule has 0 heterocycles. The third kappa shape index (κ3) is 4.29. The lowest BCUT2D eigenvalue weighted by Crippen LogP contribution is -2.14. The number of benzene rings is 1. The quantitative estimate of drug-likeness (QED) is 0.797. The van der Waals surface area contributed by atoms with Crippen LogP contribution in [0.2, 0.25) is 10.0 Å². The summed E-state index contributed by atoms with van der Waals surface area (Å²) in [5, 5.41) is 0.805. The molecule has 0 atom stereocenters. The lowest BCUT2D eigenvalue weighted by molar-refractivity contribution is 0.248. The van der Waals surface area contributed by atoms with E-state index in [9.17, 15) is 8.42 Å². The second kappa shape index (κ2) is 5.36. The van der Waals surface area contributed by atoms with Gasteiger partial charge in [-0.05, 0) is 37.6 Å². The summed E-state index contributed by atoms with van der Waals surface area (Å²) in [6.07, 6.45) is -0.386. The summed E-state index contributed by atoms with van der Waals surface area (Å²) >= 11 is 11.6. The van der Waals surface area contributed by atoms with Crippen molar-refractivity contribution >= 4 is 33.3 Å². The third-order valence-corrected chi connectivity index (χ3v) is 3.63. The molecule has 1 aromatic carbocycles. The zero-order valence-electron chi connectivity index (χ0n) is 8.91. The molecule has 3 nitrogen and oxygen atoms in total. The van der Waals surface area contributed by atoms with Crippen LogP contribution in [0.25, 0.3) is 0 Å². The van der Waals surface area contributed by atoms with Gasteiger partial charge in [-0.3, -0.25) is 4.18 Å². The van der Waals surface area contributed by atoms with Crippen molar-refractivity contribution in [1.82, 2.24) is 0 Å². The SMILES string of the molecule is CC(C)OS(=O)(=O)Cc1cc(Cl)ccc1Cl. The van der Waals surface area contributed by atoms with Crippen LogP contribution < -0.4 is 0 Å². The highest BCUT2D eigenvalue weighted by Gasteiger charge is 2.16. The van der Waals surface area contributed by atoms with Gasteiger partial charge in [-0.25, -0.2) is 0 Å². The lowest BCUT2D eigenvalue weighted by Gasteiger charge is -2.09. The lowest BCUT2D eigenvalue weighted by atomic mass is 10.2. The van der Waals surface area contributed by atoms with Gasteiger partial charge in [-0.15, -0.1) is 0 Å². The minimum Gasteiger partial charge on any atom is -0.267 e. The Bertz CT molecular complexity index is 469.